The second kappa shape index (κ2) is 5.47. The van der Waals surface area contributed by atoms with E-state index in [9.17, 15) is 9.50 Å². The molecule has 2 atom stereocenters. The maximum Gasteiger partial charge on any atom is 0.165 e. The van der Waals surface area contributed by atoms with E-state index >= 15 is 0 Å². The van der Waals surface area contributed by atoms with Crippen molar-refractivity contribution in [2.24, 2.45) is 0 Å². The van der Waals surface area contributed by atoms with Crippen LogP contribution >= 0.6 is 0 Å². The van der Waals surface area contributed by atoms with E-state index in [2.05, 4.69) is 0 Å². The van der Waals surface area contributed by atoms with Crippen LogP contribution in [0.25, 0.3) is 0 Å². The minimum atomic E-state index is -0.877. The summed E-state index contributed by atoms with van der Waals surface area (Å²) in [6, 6.07) is 4.41. The molecule has 0 amide bonds. The number of ether oxygens (including phenoxy) is 2. The fourth-order valence-electron chi connectivity index (χ4n) is 1.65. The highest BCUT2D eigenvalue weighted by Gasteiger charge is 2.32. The topological polar surface area (TPSA) is 38.7 Å². The summed E-state index contributed by atoms with van der Waals surface area (Å²) in [4.78, 5) is 0. The molecule has 0 spiro atoms. The molecule has 0 fully saturated rings. The number of methoxy groups -OCH3 is 2. The van der Waals surface area contributed by atoms with Gasteiger partial charge in [0, 0.05) is 7.11 Å². The smallest absolute Gasteiger partial charge is 0.165 e. The van der Waals surface area contributed by atoms with E-state index in [1.165, 1.54) is 26.4 Å². The molecule has 1 rings (SSSR count). The fraction of sp³-hybridized carbons (Fsp3) is 0.538. The molecule has 0 radical (unpaired) electrons. The van der Waals surface area contributed by atoms with Gasteiger partial charge in [0.1, 0.15) is 6.10 Å². The molecular formula is C13H19FO3. The lowest BCUT2D eigenvalue weighted by atomic mass is 9.90. The van der Waals surface area contributed by atoms with Crippen molar-refractivity contribution in [3.05, 3.63) is 29.6 Å². The van der Waals surface area contributed by atoms with Crippen LogP contribution in [0.4, 0.5) is 4.39 Å². The van der Waals surface area contributed by atoms with Crippen molar-refractivity contribution in [1.29, 1.82) is 0 Å². The molecule has 96 valence electrons. The van der Waals surface area contributed by atoms with Gasteiger partial charge in [-0.05, 0) is 31.0 Å². The van der Waals surface area contributed by atoms with Gasteiger partial charge >= 0.3 is 0 Å². The van der Waals surface area contributed by atoms with Crippen LogP contribution in [0.15, 0.2) is 18.2 Å². The van der Waals surface area contributed by atoms with Crippen molar-refractivity contribution in [1.82, 2.24) is 0 Å². The molecule has 1 aromatic carbocycles. The first kappa shape index (κ1) is 13.9. The maximum atomic E-state index is 13.5. The highest BCUT2D eigenvalue weighted by atomic mass is 19.1. The largest absolute Gasteiger partial charge is 0.494 e. The van der Waals surface area contributed by atoms with E-state index in [4.69, 9.17) is 9.47 Å². The van der Waals surface area contributed by atoms with Gasteiger partial charge in [-0.3, -0.25) is 0 Å². The van der Waals surface area contributed by atoms with Crippen LogP contribution in [0.2, 0.25) is 0 Å². The van der Waals surface area contributed by atoms with E-state index in [1.54, 1.807) is 13.0 Å². The van der Waals surface area contributed by atoms with Gasteiger partial charge in [-0.25, -0.2) is 4.39 Å². The Bertz CT molecular complexity index is 375. The molecule has 1 aromatic rings. The van der Waals surface area contributed by atoms with Crippen LogP contribution in [-0.4, -0.2) is 24.9 Å². The Labute approximate surface area is 101 Å². The summed E-state index contributed by atoms with van der Waals surface area (Å²) in [6.07, 6.45) is -0.254. The van der Waals surface area contributed by atoms with Gasteiger partial charge in [0.2, 0.25) is 0 Å². The molecule has 0 aliphatic carbocycles. The number of aliphatic hydroxyl groups is 1. The molecule has 3 nitrogen and oxygen atoms in total. The number of hydrogen-bond donors (Lipinski definition) is 1. The molecule has 0 bridgehead atoms. The first-order chi connectivity index (χ1) is 7.98. The van der Waals surface area contributed by atoms with Crippen LogP contribution in [0.1, 0.15) is 31.9 Å². The summed E-state index contributed by atoms with van der Waals surface area (Å²) in [5.41, 5.74) is -0.240. The maximum absolute atomic E-state index is 13.5. The Morgan fingerprint density at radius 2 is 2.06 bits per heavy atom. The number of aliphatic hydroxyl groups excluding tert-OH is 1. The van der Waals surface area contributed by atoms with Crippen LogP contribution < -0.4 is 4.74 Å². The Kier molecular flexibility index (Phi) is 4.48. The lowest BCUT2D eigenvalue weighted by Crippen LogP contribution is -2.34. The highest BCUT2D eigenvalue weighted by molar-refractivity contribution is 5.31. The Morgan fingerprint density at radius 1 is 1.41 bits per heavy atom. The molecule has 4 heteroatoms. The number of rotatable bonds is 5. The van der Waals surface area contributed by atoms with Gasteiger partial charge in [-0.2, -0.15) is 0 Å². The summed E-state index contributed by atoms with van der Waals surface area (Å²) in [5, 5.41) is 10.2. The third-order valence-electron chi connectivity index (χ3n) is 3.24. The zero-order valence-electron chi connectivity index (χ0n) is 10.7. The molecule has 0 saturated carbocycles. The third-order valence-corrected chi connectivity index (χ3v) is 3.24. The molecular weight excluding hydrogens is 223 g/mol. The lowest BCUT2D eigenvalue weighted by Gasteiger charge is -2.32. The third kappa shape index (κ3) is 2.76. The number of halogens is 1. The highest BCUT2D eigenvalue weighted by Crippen LogP contribution is 2.33. The van der Waals surface area contributed by atoms with Gasteiger partial charge < -0.3 is 14.6 Å². The van der Waals surface area contributed by atoms with Crippen LogP contribution in [0, 0.1) is 5.82 Å². The average molecular weight is 242 g/mol. The molecule has 1 N–H and O–H groups in total. The van der Waals surface area contributed by atoms with E-state index in [0.717, 1.165) is 0 Å². The standard InChI is InChI=1S/C13H19FO3/c1-5-13(2,17-4)12(15)9-6-7-11(16-3)10(14)8-9/h6-8,12,15H,5H2,1-4H3. The van der Waals surface area contributed by atoms with Crippen molar-refractivity contribution >= 4 is 0 Å². The molecule has 2 unspecified atom stereocenters. The number of hydrogen-bond acceptors (Lipinski definition) is 3. The molecule has 0 aliphatic rings. The van der Waals surface area contributed by atoms with E-state index in [1.807, 2.05) is 6.92 Å². The van der Waals surface area contributed by atoms with Crippen molar-refractivity contribution in [3.63, 3.8) is 0 Å². The van der Waals surface area contributed by atoms with Gasteiger partial charge in [0.25, 0.3) is 0 Å². The van der Waals surface area contributed by atoms with Crippen LogP contribution in [-0.2, 0) is 4.74 Å². The predicted molar refractivity (Wildman–Crippen MR) is 63.6 cm³/mol. The summed E-state index contributed by atoms with van der Waals surface area (Å²) in [6.45, 7) is 3.70. The van der Waals surface area contributed by atoms with Gasteiger partial charge in [0.15, 0.2) is 11.6 Å². The normalized spacial score (nSPS) is 16.4. The zero-order valence-corrected chi connectivity index (χ0v) is 10.7. The van der Waals surface area contributed by atoms with Crippen molar-refractivity contribution in [2.45, 2.75) is 32.0 Å². The first-order valence-corrected chi connectivity index (χ1v) is 5.55. The summed E-state index contributed by atoms with van der Waals surface area (Å²) in [5.74, 6) is -0.324. The Morgan fingerprint density at radius 3 is 2.47 bits per heavy atom. The van der Waals surface area contributed by atoms with E-state index < -0.39 is 17.5 Å². The van der Waals surface area contributed by atoms with Crippen molar-refractivity contribution < 1.29 is 19.0 Å². The van der Waals surface area contributed by atoms with Crippen LogP contribution in [0.5, 0.6) is 5.75 Å². The monoisotopic (exact) mass is 242 g/mol. The van der Waals surface area contributed by atoms with E-state index in [-0.39, 0.29) is 5.75 Å². The fourth-order valence-corrected chi connectivity index (χ4v) is 1.65. The molecule has 17 heavy (non-hydrogen) atoms. The first-order valence-electron chi connectivity index (χ1n) is 5.55. The van der Waals surface area contributed by atoms with Crippen LogP contribution in [0.3, 0.4) is 0 Å². The average Bonchev–Trinajstić information content (AvgIpc) is 2.36. The molecule has 0 heterocycles. The molecule has 0 aliphatic heterocycles. The minimum Gasteiger partial charge on any atom is -0.494 e. The number of benzene rings is 1. The zero-order chi connectivity index (χ0) is 13.1. The minimum absolute atomic E-state index is 0.163. The van der Waals surface area contributed by atoms with Crippen molar-refractivity contribution in [2.75, 3.05) is 14.2 Å². The van der Waals surface area contributed by atoms with Crippen molar-refractivity contribution in [3.8, 4) is 5.75 Å². The summed E-state index contributed by atoms with van der Waals surface area (Å²) < 4.78 is 23.7. The Hall–Kier alpha value is -1.13. The second-order valence-electron chi connectivity index (χ2n) is 4.17. The quantitative estimate of drug-likeness (QED) is 0.862. The van der Waals surface area contributed by atoms with Gasteiger partial charge in [0.05, 0.1) is 12.7 Å². The van der Waals surface area contributed by atoms with E-state index in [0.29, 0.717) is 12.0 Å². The Balaban J connectivity index is 3.04. The molecule has 0 saturated heterocycles. The molecule has 0 aromatic heterocycles. The summed E-state index contributed by atoms with van der Waals surface area (Å²) >= 11 is 0. The predicted octanol–water partition coefficient (Wildman–Crippen LogP) is 2.68. The van der Waals surface area contributed by atoms with Gasteiger partial charge in [-0.15, -0.1) is 0 Å². The SMILES string of the molecule is CCC(C)(OC)C(O)c1ccc(OC)c(F)c1. The lowest BCUT2D eigenvalue weighted by molar-refractivity contribution is -0.0945. The second-order valence-corrected chi connectivity index (χ2v) is 4.17. The van der Waals surface area contributed by atoms with Gasteiger partial charge in [-0.1, -0.05) is 13.0 Å². The summed E-state index contributed by atoms with van der Waals surface area (Å²) in [7, 11) is 2.94.